The van der Waals surface area contributed by atoms with E-state index < -0.39 is 11.1 Å². The first-order chi connectivity index (χ1) is 13.0. The fourth-order valence-corrected chi connectivity index (χ4v) is 3.01. The lowest BCUT2D eigenvalue weighted by atomic mass is 10.2. The summed E-state index contributed by atoms with van der Waals surface area (Å²) < 4.78 is 17.5. The van der Waals surface area contributed by atoms with Gasteiger partial charge in [0.15, 0.2) is 16.8 Å². The second kappa shape index (κ2) is 6.17. The van der Waals surface area contributed by atoms with Gasteiger partial charge in [-0.3, -0.25) is 14.4 Å². The molecule has 1 N–H and O–H groups in total. The Kier molecular flexibility index (Phi) is 3.80. The molecule has 0 saturated heterocycles. The van der Waals surface area contributed by atoms with Crippen molar-refractivity contribution in [3.05, 3.63) is 73.4 Å². The summed E-state index contributed by atoms with van der Waals surface area (Å²) in [6.07, 6.45) is 0. The van der Waals surface area contributed by atoms with Gasteiger partial charge < -0.3 is 18.9 Å². The molecule has 0 radical (unpaired) electrons. The Morgan fingerprint density at radius 3 is 2.52 bits per heavy atom. The molecule has 2 heterocycles. The fourth-order valence-electron chi connectivity index (χ4n) is 3.01. The van der Waals surface area contributed by atoms with Gasteiger partial charge in [-0.1, -0.05) is 12.1 Å². The molecule has 4 rings (SSSR count). The minimum Gasteiger partial charge on any atom is -0.493 e. The average Bonchev–Trinajstić information content (AvgIpc) is 2.67. The van der Waals surface area contributed by atoms with Crippen molar-refractivity contribution in [3.63, 3.8) is 0 Å². The van der Waals surface area contributed by atoms with Crippen LogP contribution in [0.1, 0.15) is 0 Å². The molecule has 136 valence electrons. The third-order valence-corrected chi connectivity index (χ3v) is 4.24. The van der Waals surface area contributed by atoms with Crippen LogP contribution in [-0.4, -0.2) is 23.8 Å². The summed E-state index contributed by atoms with van der Waals surface area (Å²) in [4.78, 5) is 39.7. The number of aromatic amines is 1. The fraction of sp³-hybridized carbons (Fsp3) is 0.105. The number of hydrogen-bond acceptors (Lipinski definition) is 6. The Morgan fingerprint density at radius 2 is 1.78 bits per heavy atom. The van der Waals surface area contributed by atoms with E-state index in [2.05, 4.69) is 4.98 Å². The van der Waals surface area contributed by atoms with Crippen LogP contribution in [0.4, 0.5) is 0 Å². The highest BCUT2D eigenvalue weighted by molar-refractivity contribution is 5.86. The van der Waals surface area contributed by atoms with Crippen LogP contribution in [0, 0.1) is 0 Å². The molecule has 8 nitrogen and oxygen atoms in total. The highest BCUT2D eigenvalue weighted by Crippen LogP contribution is 2.35. The van der Waals surface area contributed by atoms with Crippen molar-refractivity contribution in [2.75, 3.05) is 14.2 Å². The van der Waals surface area contributed by atoms with E-state index in [-0.39, 0.29) is 28.0 Å². The summed E-state index contributed by atoms with van der Waals surface area (Å²) in [5.41, 5.74) is -1.12. The van der Waals surface area contributed by atoms with Gasteiger partial charge in [0, 0.05) is 6.07 Å². The monoisotopic (exact) mass is 366 g/mol. The lowest BCUT2D eigenvalue weighted by molar-refractivity contribution is 0.352. The third-order valence-electron chi connectivity index (χ3n) is 4.24. The number of nitrogens with one attached hydrogen (secondary N) is 1. The Labute approximate surface area is 151 Å². The first kappa shape index (κ1) is 16.6. The Bertz CT molecular complexity index is 1360. The molecule has 0 aliphatic heterocycles. The molecular formula is C19H14N2O6. The maximum absolute atomic E-state index is 12.6. The summed E-state index contributed by atoms with van der Waals surface area (Å²) in [7, 11) is 2.87. The van der Waals surface area contributed by atoms with Crippen LogP contribution in [0.5, 0.6) is 11.5 Å². The molecule has 0 aliphatic carbocycles. The molecule has 0 bridgehead atoms. The second-order valence-corrected chi connectivity index (χ2v) is 5.74. The Morgan fingerprint density at radius 1 is 1.00 bits per heavy atom. The first-order valence-corrected chi connectivity index (χ1v) is 7.98. The molecule has 27 heavy (non-hydrogen) atoms. The van der Waals surface area contributed by atoms with E-state index in [0.717, 1.165) is 4.57 Å². The van der Waals surface area contributed by atoms with Crippen LogP contribution >= 0.6 is 0 Å². The zero-order chi connectivity index (χ0) is 19.1. The largest absolute Gasteiger partial charge is 0.493 e. The van der Waals surface area contributed by atoms with Crippen LogP contribution in [0.3, 0.4) is 0 Å². The van der Waals surface area contributed by atoms with Gasteiger partial charge in [-0.25, -0.2) is 4.57 Å². The Balaban J connectivity index is 2.17. The molecule has 0 aliphatic rings. The van der Waals surface area contributed by atoms with Crippen molar-refractivity contribution in [1.29, 1.82) is 0 Å². The molecular weight excluding hydrogens is 352 g/mol. The van der Waals surface area contributed by atoms with Crippen LogP contribution < -0.4 is 26.0 Å². The van der Waals surface area contributed by atoms with Gasteiger partial charge >= 0.3 is 11.1 Å². The van der Waals surface area contributed by atoms with Gasteiger partial charge in [-0.2, -0.15) is 0 Å². The van der Waals surface area contributed by atoms with Crippen LogP contribution in [0.2, 0.25) is 0 Å². The number of fused-ring (bicyclic) bond motifs is 2. The summed E-state index contributed by atoms with van der Waals surface area (Å²) in [5, 5.41) is 0.263. The number of methoxy groups -OCH3 is 2. The average molecular weight is 366 g/mol. The maximum atomic E-state index is 12.6. The number of para-hydroxylation sites is 2. The first-order valence-electron chi connectivity index (χ1n) is 7.98. The summed E-state index contributed by atoms with van der Waals surface area (Å²) in [6, 6.07) is 11.0. The molecule has 2 aromatic carbocycles. The second-order valence-electron chi connectivity index (χ2n) is 5.74. The van der Waals surface area contributed by atoms with E-state index >= 15 is 0 Å². The molecule has 4 aromatic rings. The van der Waals surface area contributed by atoms with Crippen LogP contribution in [0.25, 0.3) is 27.9 Å². The standard InChI is InChI=1S/C19H14N2O6/c1-25-14-8-7-10-13(22)9-15(27-16(10)17(14)26-2)21-12-6-4-3-5-11(12)20-18(23)19(21)24/h3-9H,1-2H3,(H,20,23). The normalized spacial score (nSPS) is 11.0. The van der Waals surface area contributed by atoms with E-state index in [4.69, 9.17) is 13.9 Å². The number of rotatable bonds is 3. The zero-order valence-electron chi connectivity index (χ0n) is 14.4. The van der Waals surface area contributed by atoms with Crippen molar-refractivity contribution in [1.82, 2.24) is 9.55 Å². The smallest absolute Gasteiger partial charge is 0.323 e. The molecule has 2 aromatic heterocycles. The number of ether oxygens (including phenoxy) is 2. The summed E-state index contributed by atoms with van der Waals surface area (Å²) in [5.74, 6) is 0.496. The maximum Gasteiger partial charge on any atom is 0.323 e. The lowest BCUT2D eigenvalue weighted by Gasteiger charge is -2.12. The van der Waals surface area contributed by atoms with Gasteiger partial charge in [0.25, 0.3) is 0 Å². The van der Waals surface area contributed by atoms with Gasteiger partial charge in [0.05, 0.1) is 30.6 Å². The number of nitrogens with zero attached hydrogens (tertiary/aromatic N) is 1. The topological polar surface area (TPSA) is 104 Å². The zero-order valence-corrected chi connectivity index (χ0v) is 14.4. The van der Waals surface area contributed by atoms with Crippen molar-refractivity contribution >= 4 is 22.0 Å². The van der Waals surface area contributed by atoms with Crippen molar-refractivity contribution < 1.29 is 13.9 Å². The highest BCUT2D eigenvalue weighted by Gasteiger charge is 2.18. The number of hydrogen-bond donors (Lipinski definition) is 1. The molecule has 0 spiro atoms. The van der Waals surface area contributed by atoms with Gasteiger partial charge in [0.1, 0.15) is 0 Å². The lowest BCUT2D eigenvalue weighted by Crippen LogP contribution is -2.35. The van der Waals surface area contributed by atoms with Gasteiger partial charge in [-0.05, 0) is 24.3 Å². The van der Waals surface area contributed by atoms with E-state index in [9.17, 15) is 14.4 Å². The number of benzene rings is 2. The van der Waals surface area contributed by atoms with Crippen LogP contribution in [0.15, 0.2) is 61.3 Å². The van der Waals surface area contributed by atoms with E-state index in [1.165, 1.54) is 20.3 Å². The van der Waals surface area contributed by atoms with Gasteiger partial charge in [-0.15, -0.1) is 0 Å². The third kappa shape index (κ3) is 2.50. The van der Waals surface area contributed by atoms with E-state index in [1.807, 2.05) is 0 Å². The molecule has 0 atom stereocenters. The summed E-state index contributed by atoms with van der Waals surface area (Å²) in [6.45, 7) is 0. The van der Waals surface area contributed by atoms with Crippen LogP contribution in [-0.2, 0) is 0 Å². The quantitative estimate of drug-likeness (QED) is 0.555. The minimum absolute atomic E-state index is 0.0913. The molecule has 0 fully saturated rings. The molecule has 0 amide bonds. The molecule has 0 unspecified atom stereocenters. The van der Waals surface area contributed by atoms with Crippen molar-refractivity contribution in [3.8, 4) is 17.4 Å². The predicted octanol–water partition coefficient (Wildman–Crippen LogP) is 1.80. The van der Waals surface area contributed by atoms with Crippen molar-refractivity contribution in [2.45, 2.75) is 0 Å². The van der Waals surface area contributed by atoms with Gasteiger partial charge in [0.2, 0.25) is 11.6 Å². The van der Waals surface area contributed by atoms with E-state index in [0.29, 0.717) is 16.8 Å². The molecule has 0 saturated carbocycles. The SMILES string of the molecule is COc1ccc2c(=O)cc(-n3c(=O)c(=O)[nH]c4ccccc43)oc2c1OC. The number of aromatic nitrogens is 2. The highest BCUT2D eigenvalue weighted by atomic mass is 16.5. The van der Waals surface area contributed by atoms with E-state index in [1.54, 1.807) is 36.4 Å². The number of H-pyrrole nitrogens is 1. The van der Waals surface area contributed by atoms with Crippen molar-refractivity contribution in [2.24, 2.45) is 0 Å². The Hall–Kier alpha value is -3.81. The predicted molar refractivity (Wildman–Crippen MR) is 99.3 cm³/mol. The summed E-state index contributed by atoms with van der Waals surface area (Å²) >= 11 is 0. The minimum atomic E-state index is -0.863. The molecule has 8 heteroatoms.